The van der Waals surface area contributed by atoms with E-state index in [2.05, 4.69) is 14.8 Å². The fourth-order valence-corrected chi connectivity index (χ4v) is 2.31. The van der Waals surface area contributed by atoms with Gasteiger partial charge in [0.05, 0.1) is 0 Å². The second-order valence-electron chi connectivity index (χ2n) is 5.40. The quantitative estimate of drug-likeness (QED) is 0.563. The van der Waals surface area contributed by atoms with Gasteiger partial charge in [-0.2, -0.15) is 13.2 Å². The predicted molar refractivity (Wildman–Crippen MR) is 85.2 cm³/mol. The predicted octanol–water partition coefficient (Wildman–Crippen LogP) is 4.15. The normalized spacial score (nSPS) is 19.6. The van der Waals surface area contributed by atoms with E-state index in [0.29, 0.717) is 0 Å². The Bertz CT molecular complexity index is 950. The average molecular weight is 423 g/mol. The molecule has 1 unspecified atom stereocenters. The van der Waals surface area contributed by atoms with Crippen LogP contribution in [-0.4, -0.2) is 23.4 Å². The number of imide groups is 1. The first-order chi connectivity index (χ1) is 13.0. The number of alkyl halides is 4. The number of anilines is 1. The Labute approximate surface area is 158 Å². The zero-order valence-corrected chi connectivity index (χ0v) is 14.1. The van der Waals surface area contributed by atoms with Crippen LogP contribution in [0.15, 0.2) is 36.4 Å². The monoisotopic (exact) mass is 422 g/mol. The minimum absolute atomic E-state index is 0.153. The van der Waals surface area contributed by atoms with Crippen LogP contribution >= 0.6 is 11.6 Å². The van der Waals surface area contributed by atoms with Crippen LogP contribution in [0.25, 0.3) is 0 Å². The first-order valence-electron chi connectivity index (χ1n) is 7.34. The van der Waals surface area contributed by atoms with Crippen LogP contribution in [0.4, 0.5) is 32.4 Å². The van der Waals surface area contributed by atoms with Gasteiger partial charge in [-0.15, -0.1) is 0 Å². The van der Waals surface area contributed by atoms with Crippen molar-refractivity contribution < 1.29 is 41.0 Å². The summed E-state index contributed by atoms with van der Waals surface area (Å²) in [5.74, 6) is -4.87. The smallest absolute Gasteiger partial charge is 0.434 e. The molecule has 2 aromatic carbocycles. The molecule has 28 heavy (non-hydrogen) atoms. The number of fused-ring (bicyclic) bond motifs is 1. The Kier molecular flexibility index (Phi) is 4.79. The number of hydrogen-bond donors (Lipinski definition) is 2. The van der Waals surface area contributed by atoms with Gasteiger partial charge in [-0.05, 0) is 35.9 Å². The fraction of sp³-hybridized carbons (Fsp3) is 0.125. The summed E-state index contributed by atoms with van der Waals surface area (Å²) in [5, 5.41) is -0.237. The van der Waals surface area contributed by atoms with Gasteiger partial charge in [0.15, 0.2) is 11.5 Å². The molecule has 0 fully saturated rings. The van der Waals surface area contributed by atoms with Crippen molar-refractivity contribution in [1.82, 2.24) is 5.32 Å². The van der Waals surface area contributed by atoms with Crippen LogP contribution in [0.5, 0.6) is 11.5 Å². The highest BCUT2D eigenvalue weighted by Gasteiger charge is 2.63. The summed E-state index contributed by atoms with van der Waals surface area (Å²) in [6, 6.07) is 4.32. The third-order valence-electron chi connectivity index (χ3n) is 3.43. The summed E-state index contributed by atoms with van der Waals surface area (Å²) >= 11 is 4.94. The Morgan fingerprint density at radius 2 is 1.61 bits per heavy atom. The van der Waals surface area contributed by atoms with Crippen molar-refractivity contribution in [2.75, 3.05) is 5.32 Å². The van der Waals surface area contributed by atoms with Crippen LogP contribution in [0.3, 0.4) is 0 Å². The number of ether oxygens (including phenoxy) is 2. The highest BCUT2D eigenvalue weighted by atomic mass is 35.5. The molecule has 1 heterocycles. The van der Waals surface area contributed by atoms with E-state index in [0.717, 1.165) is 36.4 Å². The summed E-state index contributed by atoms with van der Waals surface area (Å²) < 4.78 is 75.7. The summed E-state index contributed by atoms with van der Waals surface area (Å²) in [7, 11) is 0. The summed E-state index contributed by atoms with van der Waals surface area (Å²) in [5.41, 5.74) is -1.13. The summed E-state index contributed by atoms with van der Waals surface area (Å²) in [6.07, 6.45) is -4.47. The maximum atomic E-state index is 13.6. The number of rotatable bonds is 2. The molecule has 2 N–H and O–H groups in total. The van der Waals surface area contributed by atoms with Gasteiger partial charge in [-0.1, -0.05) is 6.07 Å². The standard InChI is InChI=1S/C16H8ClF5N2O4/c17-15(20)16(21,22)28-10-5-4-7(6-11(10)27-15)23-14(26)24-13(25)12-8(18)2-1-3-9(12)19/h1-6H,(H2,23,24,25,26). The van der Waals surface area contributed by atoms with Gasteiger partial charge in [0, 0.05) is 11.8 Å². The molecule has 6 nitrogen and oxygen atoms in total. The first-order valence-corrected chi connectivity index (χ1v) is 7.72. The molecule has 3 rings (SSSR count). The lowest BCUT2D eigenvalue weighted by atomic mass is 10.2. The number of carbonyl (C=O) groups is 2. The second-order valence-corrected chi connectivity index (χ2v) is 5.89. The van der Waals surface area contributed by atoms with Crippen molar-refractivity contribution in [1.29, 1.82) is 0 Å². The Morgan fingerprint density at radius 3 is 2.25 bits per heavy atom. The van der Waals surface area contributed by atoms with E-state index >= 15 is 0 Å². The van der Waals surface area contributed by atoms with Crippen LogP contribution in [-0.2, 0) is 0 Å². The van der Waals surface area contributed by atoms with Crippen molar-refractivity contribution in [3.63, 3.8) is 0 Å². The van der Waals surface area contributed by atoms with Gasteiger partial charge in [0.1, 0.15) is 17.2 Å². The molecule has 1 aliphatic rings. The third-order valence-corrected chi connectivity index (χ3v) is 3.73. The Balaban J connectivity index is 1.73. The Morgan fingerprint density at radius 1 is 0.964 bits per heavy atom. The molecule has 1 atom stereocenters. The molecule has 148 valence electrons. The second kappa shape index (κ2) is 6.82. The number of hydrogen-bond acceptors (Lipinski definition) is 4. The average Bonchev–Trinajstić information content (AvgIpc) is 2.55. The van der Waals surface area contributed by atoms with Crippen molar-refractivity contribution in [2.24, 2.45) is 0 Å². The summed E-state index contributed by atoms with van der Waals surface area (Å²) in [4.78, 5) is 23.7. The SMILES string of the molecule is O=C(NC(=O)c1c(F)cccc1F)Nc1ccc2c(c1)OC(F)(Cl)C(F)(F)O2. The third kappa shape index (κ3) is 3.65. The van der Waals surface area contributed by atoms with Crippen molar-refractivity contribution in [2.45, 2.75) is 11.4 Å². The van der Waals surface area contributed by atoms with E-state index < -0.39 is 52.1 Å². The lowest BCUT2D eigenvalue weighted by molar-refractivity contribution is -0.303. The molecular weight excluding hydrogens is 415 g/mol. The molecule has 0 saturated heterocycles. The van der Waals surface area contributed by atoms with Crippen molar-refractivity contribution >= 4 is 29.2 Å². The number of nitrogens with one attached hydrogen (secondary N) is 2. The highest BCUT2D eigenvalue weighted by Crippen LogP contribution is 2.48. The van der Waals surface area contributed by atoms with E-state index in [4.69, 9.17) is 11.6 Å². The van der Waals surface area contributed by atoms with Crippen LogP contribution in [0.1, 0.15) is 10.4 Å². The lowest BCUT2D eigenvalue weighted by Crippen LogP contribution is -2.51. The van der Waals surface area contributed by atoms with Gasteiger partial charge in [-0.25, -0.2) is 13.6 Å². The van der Waals surface area contributed by atoms with Gasteiger partial charge in [0.2, 0.25) is 0 Å². The molecule has 3 amide bonds. The first kappa shape index (κ1) is 19.7. The molecule has 0 aliphatic carbocycles. The number of urea groups is 1. The van der Waals surface area contributed by atoms with Crippen LogP contribution < -0.4 is 20.1 Å². The Hall–Kier alpha value is -3.08. The zero-order chi connectivity index (χ0) is 20.7. The number of carbonyl (C=O) groups excluding carboxylic acids is 2. The highest BCUT2D eigenvalue weighted by molar-refractivity contribution is 6.22. The minimum Gasteiger partial charge on any atom is -0.434 e. The molecule has 0 saturated carbocycles. The maximum absolute atomic E-state index is 13.6. The molecule has 0 spiro atoms. The minimum atomic E-state index is -4.47. The molecule has 12 heteroatoms. The number of benzene rings is 2. The molecule has 0 aromatic heterocycles. The maximum Gasteiger partial charge on any atom is 0.488 e. The molecule has 0 radical (unpaired) electrons. The van der Waals surface area contributed by atoms with E-state index in [9.17, 15) is 31.5 Å². The number of amides is 3. The zero-order valence-electron chi connectivity index (χ0n) is 13.4. The van der Waals surface area contributed by atoms with Crippen molar-refractivity contribution in [3.8, 4) is 11.5 Å². The lowest BCUT2D eigenvalue weighted by Gasteiger charge is -2.33. The van der Waals surface area contributed by atoms with Gasteiger partial charge < -0.3 is 14.8 Å². The molecule has 0 bridgehead atoms. The topological polar surface area (TPSA) is 76.7 Å². The van der Waals surface area contributed by atoms with Crippen LogP contribution in [0, 0.1) is 11.6 Å². The van der Waals surface area contributed by atoms with Crippen molar-refractivity contribution in [3.05, 3.63) is 53.6 Å². The van der Waals surface area contributed by atoms with Crippen LogP contribution in [0.2, 0.25) is 0 Å². The van der Waals surface area contributed by atoms with Gasteiger partial charge >= 0.3 is 17.5 Å². The largest absolute Gasteiger partial charge is 0.488 e. The molecule has 2 aromatic rings. The summed E-state index contributed by atoms with van der Waals surface area (Å²) in [6.45, 7) is 0. The van der Waals surface area contributed by atoms with Gasteiger partial charge in [-0.3, -0.25) is 10.1 Å². The molecular formula is C16H8ClF5N2O4. The molecule has 1 aliphatic heterocycles. The van der Waals surface area contributed by atoms with Gasteiger partial charge in [0.25, 0.3) is 5.91 Å². The van der Waals surface area contributed by atoms with E-state index in [1.165, 1.54) is 0 Å². The number of halogens is 6. The van der Waals surface area contributed by atoms with E-state index in [1.807, 2.05) is 0 Å². The fourth-order valence-electron chi connectivity index (χ4n) is 2.19. The van der Waals surface area contributed by atoms with E-state index in [1.54, 1.807) is 5.32 Å². The van der Waals surface area contributed by atoms with E-state index in [-0.39, 0.29) is 5.69 Å².